The predicted octanol–water partition coefficient (Wildman–Crippen LogP) is 3.11. The van der Waals surface area contributed by atoms with Crippen LogP contribution >= 0.6 is 0 Å². The second kappa shape index (κ2) is 9.67. The van der Waals surface area contributed by atoms with E-state index >= 15 is 0 Å². The van der Waals surface area contributed by atoms with Gasteiger partial charge < -0.3 is 10.1 Å². The summed E-state index contributed by atoms with van der Waals surface area (Å²) in [5.74, 6) is -0.954. The van der Waals surface area contributed by atoms with Crippen LogP contribution in [0.1, 0.15) is 36.2 Å². The number of sulfonamides is 1. The molecule has 1 unspecified atom stereocenters. The van der Waals surface area contributed by atoms with E-state index in [1.807, 2.05) is 20.8 Å². The molecule has 0 fully saturated rings. The van der Waals surface area contributed by atoms with Gasteiger partial charge in [-0.2, -0.15) is 4.72 Å². The second-order valence-electron chi connectivity index (χ2n) is 7.18. The Labute approximate surface area is 171 Å². The molecular formula is C21H26N2O5S. The fraction of sp³-hybridized carbons (Fsp3) is 0.333. The summed E-state index contributed by atoms with van der Waals surface area (Å²) < 4.78 is 32.6. The fourth-order valence-corrected chi connectivity index (χ4v) is 3.93. The molecule has 0 saturated carbocycles. The van der Waals surface area contributed by atoms with Gasteiger partial charge in [-0.05, 0) is 49.6 Å². The number of hydrogen-bond acceptors (Lipinski definition) is 5. The van der Waals surface area contributed by atoms with Crippen LogP contribution in [0.5, 0.6) is 0 Å². The maximum Gasteiger partial charge on any atom is 0.337 e. The molecule has 2 N–H and O–H groups in total. The standard InChI is InChI=1S/C21H26N2O5S/c1-14(2)12-19(23-29(26,27)18-10-8-15(3)9-11-18)20(24)22-17-7-5-6-16(13-17)21(25)28-4/h5-11,13-14,19,23H,12H2,1-4H3,(H,22,24). The van der Waals surface area contributed by atoms with Gasteiger partial charge in [-0.25, -0.2) is 13.2 Å². The van der Waals surface area contributed by atoms with Crippen molar-refractivity contribution in [2.24, 2.45) is 5.92 Å². The quantitative estimate of drug-likeness (QED) is 0.642. The molecule has 0 bridgehead atoms. The molecule has 8 heteroatoms. The van der Waals surface area contributed by atoms with Crippen molar-refractivity contribution >= 4 is 27.6 Å². The van der Waals surface area contributed by atoms with Crippen LogP contribution in [-0.2, 0) is 19.6 Å². The predicted molar refractivity (Wildman–Crippen MR) is 111 cm³/mol. The average Bonchev–Trinajstić information content (AvgIpc) is 2.66. The largest absolute Gasteiger partial charge is 0.465 e. The van der Waals surface area contributed by atoms with Crippen LogP contribution in [0.4, 0.5) is 5.69 Å². The highest BCUT2D eigenvalue weighted by atomic mass is 32.2. The van der Waals surface area contributed by atoms with Crippen LogP contribution in [0.3, 0.4) is 0 Å². The van der Waals surface area contributed by atoms with Crippen molar-refractivity contribution in [1.82, 2.24) is 4.72 Å². The Morgan fingerprint density at radius 2 is 1.72 bits per heavy atom. The van der Waals surface area contributed by atoms with Gasteiger partial charge in [0.1, 0.15) is 6.04 Å². The average molecular weight is 419 g/mol. The Kier molecular flexibility index (Phi) is 7.53. The van der Waals surface area contributed by atoms with E-state index in [0.29, 0.717) is 12.1 Å². The molecule has 2 rings (SSSR count). The van der Waals surface area contributed by atoms with E-state index in [-0.39, 0.29) is 16.4 Å². The van der Waals surface area contributed by atoms with Gasteiger partial charge in [0.05, 0.1) is 17.6 Å². The Morgan fingerprint density at radius 1 is 1.07 bits per heavy atom. The molecule has 2 aromatic rings. The third-order valence-electron chi connectivity index (χ3n) is 4.20. The SMILES string of the molecule is COC(=O)c1cccc(NC(=O)C(CC(C)C)NS(=O)(=O)c2ccc(C)cc2)c1. The van der Waals surface area contributed by atoms with Gasteiger partial charge in [-0.3, -0.25) is 4.79 Å². The lowest BCUT2D eigenvalue weighted by Crippen LogP contribution is -2.44. The number of anilines is 1. The lowest BCUT2D eigenvalue weighted by atomic mass is 10.0. The molecular weight excluding hydrogens is 392 g/mol. The van der Waals surface area contributed by atoms with Crippen molar-refractivity contribution < 1.29 is 22.7 Å². The highest BCUT2D eigenvalue weighted by molar-refractivity contribution is 7.89. The number of methoxy groups -OCH3 is 1. The Hall–Kier alpha value is -2.71. The number of hydrogen-bond donors (Lipinski definition) is 2. The second-order valence-corrected chi connectivity index (χ2v) is 8.89. The maximum absolute atomic E-state index is 12.8. The Bertz CT molecular complexity index is 969. The normalized spacial score (nSPS) is 12.4. The van der Waals surface area contributed by atoms with Gasteiger partial charge >= 0.3 is 5.97 Å². The van der Waals surface area contributed by atoms with Gasteiger partial charge in [0.15, 0.2) is 0 Å². The first-order chi connectivity index (χ1) is 13.6. The van der Waals surface area contributed by atoms with E-state index in [4.69, 9.17) is 0 Å². The highest BCUT2D eigenvalue weighted by Crippen LogP contribution is 2.16. The molecule has 0 aliphatic heterocycles. The number of nitrogens with one attached hydrogen (secondary N) is 2. The smallest absolute Gasteiger partial charge is 0.337 e. The molecule has 1 atom stereocenters. The number of carbonyl (C=O) groups is 2. The summed E-state index contributed by atoms with van der Waals surface area (Å²) in [6.07, 6.45) is 0.313. The summed E-state index contributed by atoms with van der Waals surface area (Å²) in [6, 6.07) is 11.7. The van der Waals surface area contributed by atoms with Gasteiger partial charge in [0.2, 0.25) is 15.9 Å². The van der Waals surface area contributed by atoms with Crippen molar-refractivity contribution in [2.75, 3.05) is 12.4 Å². The highest BCUT2D eigenvalue weighted by Gasteiger charge is 2.26. The van der Waals surface area contributed by atoms with Crippen molar-refractivity contribution in [1.29, 1.82) is 0 Å². The zero-order chi connectivity index (χ0) is 21.6. The van der Waals surface area contributed by atoms with Crippen LogP contribution in [0, 0.1) is 12.8 Å². The number of benzene rings is 2. The topological polar surface area (TPSA) is 102 Å². The number of carbonyl (C=O) groups excluding carboxylic acids is 2. The van der Waals surface area contributed by atoms with Crippen LogP contribution in [0.25, 0.3) is 0 Å². The van der Waals surface area contributed by atoms with E-state index in [1.54, 1.807) is 30.3 Å². The van der Waals surface area contributed by atoms with Crippen molar-refractivity contribution in [2.45, 2.75) is 38.1 Å². The molecule has 0 saturated heterocycles. The lowest BCUT2D eigenvalue weighted by molar-refractivity contribution is -0.118. The van der Waals surface area contributed by atoms with E-state index in [0.717, 1.165) is 5.56 Å². The molecule has 29 heavy (non-hydrogen) atoms. The maximum atomic E-state index is 12.8. The first-order valence-corrected chi connectivity index (χ1v) is 10.7. The number of rotatable bonds is 8. The first-order valence-electron chi connectivity index (χ1n) is 9.20. The summed E-state index contributed by atoms with van der Waals surface area (Å²) in [5, 5.41) is 2.68. The van der Waals surface area contributed by atoms with Gasteiger partial charge in [-0.1, -0.05) is 37.6 Å². The zero-order valence-corrected chi connectivity index (χ0v) is 17.7. The molecule has 2 aromatic carbocycles. The minimum Gasteiger partial charge on any atom is -0.465 e. The number of esters is 1. The van der Waals surface area contributed by atoms with Crippen LogP contribution in [0.2, 0.25) is 0 Å². The van der Waals surface area contributed by atoms with Crippen molar-refractivity contribution in [3.05, 3.63) is 59.7 Å². The van der Waals surface area contributed by atoms with E-state index in [9.17, 15) is 18.0 Å². The summed E-state index contributed by atoms with van der Waals surface area (Å²) in [4.78, 5) is 24.6. The van der Waals surface area contributed by atoms with Crippen LogP contribution < -0.4 is 10.0 Å². The Balaban J connectivity index is 2.22. The van der Waals surface area contributed by atoms with E-state index in [2.05, 4.69) is 14.8 Å². The van der Waals surface area contributed by atoms with Crippen molar-refractivity contribution in [3.63, 3.8) is 0 Å². The molecule has 1 amide bonds. The van der Waals surface area contributed by atoms with Crippen LogP contribution in [-0.4, -0.2) is 33.4 Å². The van der Waals surface area contributed by atoms with Gasteiger partial charge in [0, 0.05) is 5.69 Å². The van der Waals surface area contributed by atoms with Gasteiger partial charge in [-0.15, -0.1) is 0 Å². The summed E-state index contributed by atoms with van der Waals surface area (Å²) in [5.41, 5.74) is 1.60. The molecule has 0 aromatic heterocycles. The molecule has 0 aliphatic rings. The third kappa shape index (κ3) is 6.40. The molecule has 0 radical (unpaired) electrons. The molecule has 0 spiro atoms. The number of aryl methyl sites for hydroxylation is 1. The molecule has 0 heterocycles. The zero-order valence-electron chi connectivity index (χ0n) is 16.9. The van der Waals surface area contributed by atoms with Gasteiger partial charge in [0.25, 0.3) is 0 Å². The monoisotopic (exact) mass is 418 g/mol. The Morgan fingerprint density at radius 3 is 2.31 bits per heavy atom. The van der Waals surface area contributed by atoms with Crippen LogP contribution in [0.15, 0.2) is 53.4 Å². The van der Waals surface area contributed by atoms with E-state index < -0.39 is 27.9 Å². The molecule has 7 nitrogen and oxygen atoms in total. The molecule has 156 valence electrons. The van der Waals surface area contributed by atoms with E-state index in [1.165, 1.54) is 25.3 Å². The minimum atomic E-state index is -3.87. The fourth-order valence-electron chi connectivity index (χ4n) is 2.72. The first kappa shape index (κ1) is 22.6. The third-order valence-corrected chi connectivity index (χ3v) is 5.69. The number of ether oxygens (including phenoxy) is 1. The summed E-state index contributed by atoms with van der Waals surface area (Å²) in [6.45, 7) is 5.66. The lowest BCUT2D eigenvalue weighted by Gasteiger charge is -2.20. The summed E-state index contributed by atoms with van der Waals surface area (Å²) in [7, 11) is -2.60. The minimum absolute atomic E-state index is 0.0767. The van der Waals surface area contributed by atoms with Crippen molar-refractivity contribution in [3.8, 4) is 0 Å². The molecule has 0 aliphatic carbocycles. The summed E-state index contributed by atoms with van der Waals surface area (Å²) >= 11 is 0. The number of amides is 1.